The number of rotatable bonds is 10. The zero-order chi connectivity index (χ0) is 17.7. The van der Waals surface area contributed by atoms with E-state index in [0.29, 0.717) is 18.3 Å². The van der Waals surface area contributed by atoms with E-state index in [0.717, 1.165) is 19.3 Å². The lowest BCUT2D eigenvalue weighted by molar-refractivity contribution is -0.160. The molecule has 0 saturated carbocycles. The van der Waals surface area contributed by atoms with Gasteiger partial charge in [-0.25, -0.2) is 0 Å². The summed E-state index contributed by atoms with van der Waals surface area (Å²) in [7, 11) is 0. The molecule has 0 saturated heterocycles. The maximum Gasteiger partial charge on any atom is 0.318 e. The minimum absolute atomic E-state index is 0.261. The summed E-state index contributed by atoms with van der Waals surface area (Å²) in [4.78, 5) is 22.4. The molecule has 0 fully saturated rings. The van der Waals surface area contributed by atoms with Crippen molar-refractivity contribution in [2.45, 2.75) is 74.1 Å². The third kappa shape index (κ3) is 7.28. The summed E-state index contributed by atoms with van der Waals surface area (Å²) in [5.41, 5.74) is -0.481. The van der Waals surface area contributed by atoms with E-state index < -0.39 is 23.3 Å². The average molecular weight is 314 g/mol. The first-order valence-electron chi connectivity index (χ1n) is 8.24. The molecule has 0 aliphatic heterocycles. The molecule has 0 aromatic rings. The van der Waals surface area contributed by atoms with Crippen molar-refractivity contribution >= 4 is 11.9 Å². The van der Waals surface area contributed by atoms with Crippen molar-refractivity contribution in [2.75, 3.05) is 0 Å². The molecule has 4 heteroatoms. The molecule has 0 bridgehead atoms. The molecular formula is C18H34O4. The topological polar surface area (TPSA) is 74.6 Å². The highest BCUT2D eigenvalue weighted by molar-refractivity contribution is 5.93. The van der Waals surface area contributed by atoms with E-state index in [4.69, 9.17) is 10.2 Å². The van der Waals surface area contributed by atoms with E-state index in [1.165, 1.54) is 0 Å². The summed E-state index contributed by atoms with van der Waals surface area (Å²) in [6, 6.07) is 0. The predicted octanol–water partition coefficient (Wildman–Crippen LogP) is 4.68. The second kappa shape index (κ2) is 7.98. The average Bonchev–Trinajstić information content (AvgIpc) is 2.21. The number of hydrogen-bond acceptors (Lipinski definition) is 2. The standard InChI is InChI=1S/C18H34O4/c1-12(2)10-17(4,5)11-13(3)8-9-18(6,7)14(15(19)20)16(21)22/h12-14H,8-11H2,1-7H3,(H,19,20)(H,21,22). The van der Waals surface area contributed by atoms with E-state index in [1.807, 2.05) is 0 Å². The number of carboxylic acid groups (broad SMARTS) is 2. The summed E-state index contributed by atoms with van der Waals surface area (Å²) in [6.45, 7) is 14.6. The largest absolute Gasteiger partial charge is 0.481 e. The minimum Gasteiger partial charge on any atom is -0.481 e. The molecule has 0 aliphatic carbocycles. The van der Waals surface area contributed by atoms with Gasteiger partial charge in [0.15, 0.2) is 5.92 Å². The second-order valence-corrected chi connectivity index (χ2v) is 8.71. The van der Waals surface area contributed by atoms with Gasteiger partial charge in [-0.2, -0.15) is 0 Å². The Labute approximate surface area is 135 Å². The first-order valence-corrected chi connectivity index (χ1v) is 8.24. The summed E-state index contributed by atoms with van der Waals surface area (Å²) in [5, 5.41) is 18.3. The minimum atomic E-state index is -1.34. The quantitative estimate of drug-likeness (QED) is 0.574. The molecule has 1 unspecified atom stereocenters. The lowest BCUT2D eigenvalue weighted by Gasteiger charge is -2.33. The van der Waals surface area contributed by atoms with Crippen LogP contribution in [0.25, 0.3) is 0 Å². The van der Waals surface area contributed by atoms with E-state index in [-0.39, 0.29) is 5.41 Å². The van der Waals surface area contributed by atoms with E-state index in [1.54, 1.807) is 13.8 Å². The van der Waals surface area contributed by atoms with Crippen molar-refractivity contribution in [1.29, 1.82) is 0 Å². The Kier molecular flexibility index (Phi) is 7.60. The maximum absolute atomic E-state index is 11.2. The van der Waals surface area contributed by atoms with Crippen LogP contribution in [-0.2, 0) is 9.59 Å². The molecule has 22 heavy (non-hydrogen) atoms. The Morgan fingerprint density at radius 3 is 1.73 bits per heavy atom. The van der Waals surface area contributed by atoms with Gasteiger partial charge in [0.25, 0.3) is 0 Å². The van der Waals surface area contributed by atoms with E-state index in [2.05, 4.69) is 34.6 Å². The van der Waals surface area contributed by atoms with Crippen LogP contribution in [0.5, 0.6) is 0 Å². The molecule has 0 radical (unpaired) electrons. The Hall–Kier alpha value is -1.06. The molecule has 0 spiro atoms. The van der Waals surface area contributed by atoms with Crippen molar-refractivity contribution in [1.82, 2.24) is 0 Å². The van der Waals surface area contributed by atoms with Gasteiger partial charge in [-0.3, -0.25) is 9.59 Å². The zero-order valence-corrected chi connectivity index (χ0v) is 15.3. The van der Waals surface area contributed by atoms with Gasteiger partial charge < -0.3 is 10.2 Å². The Balaban J connectivity index is 4.65. The van der Waals surface area contributed by atoms with Gasteiger partial charge in [0.1, 0.15) is 0 Å². The molecule has 0 heterocycles. The van der Waals surface area contributed by atoms with E-state index in [9.17, 15) is 9.59 Å². The van der Waals surface area contributed by atoms with Gasteiger partial charge in [0.05, 0.1) is 0 Å². The fraction of sp³-hybridized carbons (Fsp3) is 0.889. The molecule has 0 aromatic heterocycles. The van der Waals surface area contributed by atoms with Crippen molar-refractivity contribution in [2.24, 2.45) is 28.6 Å². The van der Waals surface area contributed by atoms with Crippen LogP contribution in [-0.4, -0.2) is 22.2 Å². The normalized spacial score (nSPS) is 14.4. The van der Waals surface area contributed by atoms with E-state index >= 15 is 0 Å². The molecule has 4 nitrogen and oxygen atoms in total. The van der Waals surface area contributed by atoms with Crippen LogP contribution in [0.15, 0.2) is 0 Å². The number of hydrogen-bond donors (Lipinski definition) is 2. The van der Waals surface area contributed by atoms with Crippen molar-refractivity contribution in [3.05, 3.63) is 0 Å². The lowest BCUT2D eigenvalue weighted by atomic mass is 9.71. The van der Waals surface area contributed by atoms with Crippen LogP contribution in [0.2, 0.25) is 0 Å². The number of carbonyl (C=O) groups is 2. The third-order valence-electron chi connectivity index (χ3n) is 4.42. The first-order chi connectivity index (χ1) is 9.78. The Morgan fingerprint density at radius 2 is 1.36 bits per heavy atom. The highest BCUT2D eigenvalue weighted by Crippen LogP contribution is 2.38. The maximum atomic E-state index is 11.2. The molecule has 0 amide bonds. The Bertz CT molecular complexity index is 369. The number of aliphatic carboxylic acids is 2. The fourth-order valence-corrected chi connectivity index (χ4v) is 3.77. The van der Waals surface area contributed by atoms with Crippen LogP contribution >= 0.6 is 0 Å². The third-order valence-corrected chi connectivity index (χ3v) is 4.42. The Morgan fingerprint density at radius 1 is 0.909 bits per heavy atom. The molecule has 2 N–H and O–H groups in total. The molecule has 0 rings (SSSR count). The van der Waals surface area contributed by atoms with Crippen LogP contribution < -0.4 is 0 Å². The SMILES string of the molecule is CC(C)CC(C)(C)CC(C)CCC(C)(C)C(C(=O)O)C(=O)O. The summed E-state index contributed by atoms with van der Waals surface area (Å²) in [5.74, 6) is -2.72. The highest BCUT2D eigenvalue weighted by Gasteiger charge is 2.41. The van der Waals surface area contributed by atoms with Crippen LogP contribution in [0.1, 0.15) is 74.1 Å². The van der Waals surface area contributed by atoms with Gasteiger partial charge >= 0.3 is 11.9 Å². The van der Waals surface area contributed by atoms with Crippen molar-refractivity contribution in [3.8, 4) is 0 Å². The summed E-state index contributed by atoms with van der Waals surface area (Å²) in [6.07, 6.45) is 3.69. The smallest absolute Gasteiger partial charge is 0.318 e. The van der Waals surface area contributed by atoms with Gasteiger partial charge in [-0.05, 0) is 41.9 Å². The molecule has 0 aliphatic rings. The molecule has 0 aromatic carbocycles. The van der Waals surface area contributed by atoms with Crippen molar-refractivity contribution in [3.63, 3.8) is 0 Å². The van der Waals surface area contributed by atoms with Gasteiger partial charge in [-0.15, -0.1) is 0 Å². The predicted molar refractivity (Wildman–Crippen MR) is 88.8 cm³/mol. The first kappa shape index (κ1) is 20.9. The monoisotopic (exact) mass is 314 g/mol. The van der Waals surface area contributed by atoms with Crippen LogP contribution in [0.4, 0.5) is 0 Å². The van der Waals surface area contributed by atoms with Crippen LogP contribution in [0.3, 0.4) is 0 Å². The van der Waals surface area contributed by atoms with Gasteiger partial charge in [0.2, 0.25) is 0 Å². The second-order valence-electron chi connectivity index (χ2n) is 8.71. The summed E-state index contributed by atoms with van der Waals surface area (Å²) >= 11 is 0. The van der Waals surface area contributed by atoms with Gasteiger partial charge in [-0.1, -0.05) is 54.9 Å². The van der Waals surface area contributed by atoms with Crippen LogP contribution in [0, 0.1) is 28.6 Å². The van der Waals surface area contributed by atoms with Crippen molar-refractivity contribution < 1.29 is 19.8 Å². The fourth-order valence-electron chi connectivity index (χ4n) is 3.77. The highest BCUT2D eigenvalue weighted by atomic mass is 16.4. The van der Waals surface area contributed by atoms with Gasteiger partial charge in [0, 0.05) is 0 Å². The zero-order valence-electron chi connectivity index (χ0n) is 15.3. The lowest BCUT2D eigenvalue weighted by Crippen LogP contribution is -2.37. The number of carboxylic acids is 2. The molecular weight excluding hydrogens is 280 g/mol. The summed E-state index contributed by atoms with van der Waals surface area (Å²) < 4.78 is 0. The molecule has 130 valence electrons. The molecule has 1 atom stereocenters.